The van der Waals surface area contributed by atoms with Crippen molar-refractivity contribution in [2.45, 2.75) is 20.8 Å². The molecule has 6 heteroatoms. The number of hydrogen-bond acceptors (Lipinski definition) is 3. The van der Waals surface area contributed by atoms with Gasteiger partial charge in [0.2, 0.25) is 5.89 Å². The fourth-order valence-corrected chi connectivity index (χ4v) is 3.32. The smallest absolute Gasteiger partial charge is 0.255 e. The van der Waals surface area contributed by atoms with E-state index in [2.05, 4.69) is 10.3 Å². The summed E-state index contributed by atoms with van der Waals surface area (Å²) >= 11 is 12.0. The topological polar surface area (TPSA) is 55.1 Å². The quantitative estimate of drug-likeness (QED) is 0.385. The Balaban J connectivity index is 1.67. The number of amides is 1. The van der Waals surface area contributed by atoms with Gasteiger partial charge in [0.15, 0.2) is 5.58 Å². The maximum absolute atomic E-state index is 12.6. The van der Waals surface area contributed by atoms with Gasteiger partial charge >= 0.3 is 0 Å². The molecule has 4 rings (SSSR count). The lowest BCUT2D eigenvalue weighted by molar-refractivity contribution is 0.102. The van der Waals surface area contributed by atoms with Crippen molar-refractivity contribution in [3.63, 3.8) is 0 Å². The van der Waals surface area contributed by atoms with E-state index in [0.717, 1.165) is 33.4 Å². The predicted molar refractivity (Wildman–Crippen MR) is 118 cm³/mol. The zero-order valence-corrected chi connectivity index (χ0v) is 17.7. The number of halogens is 2. The second-order valence-corrected chi connectivity index (χ2v) is 7.85. The molecule has 0 aliphatic rings. The molecule has 4 nitrogen and oxygen atoms in total. The Morgan fingerprint density at radius 1 is 0.897 bits per heavy atom. The molecule has 0 bridgehead atoms. The maximum Gasteiger partial charge on any atom is 0.255 e. The highest BCUT2D eigenvalue weighted by atomic mass is 35.5. The van der Waals surface area contributed by atoms with E-state index in [1.54, 1.807) is 18.2 Å². The Bertz CT molecular complexity index is 1220. The SMILES string of the molecule is Cc1cc2nc(-c3ccc(C)c(NC(=O)c4ccc(Cl)c(Cl)c4)c3)oc2cc1C. The number of anilines is 1. The first-order valence-electron chi connectivity index (χ1n) is 9.07. The molecule has 0 atom stereocenters. The van der Waals surface area contributed by atoms with Crippen LogP contribution in [-0.2, 0) is 0 Å². The van der Waals surface area contributed by atoms with Gasteiger partial charge in [0.05, 0.1) is 10.0 Å². The van der Waals surface area contributed by atoms with Crippen LogP contribution in [0.15, 0.2) is 52.9 Å². The van der Waals surface area contributed by atoms with Gasteiger partial charge in [0.1, 0.15) is 5.52 Å². The number of rotatable bonds is 3. The summed E-state index contributed by atoms with van der Waals surface area (Å²) in [5, 5.41) is 3.67. The van der Waals surface area contributed by atoms with Crippen LogP contribution in [0.2, 0.25) is 10.0 Å². The number of nitrogens with one attached hydrogen (secondary N) is 1. The molecule has 0 saturated carbocycles. The van der Waals surface area contributed by atoms with Crippen molar-refractivity contribution in [1.82, 2.24) is 4.98 Å². The van der Waals surface area contributed by atoms with Crippen molar-refractivity contribution in [2.75, 3.05) is 5.32 Å². The number of carbonyl (C=O) groups is 1. The molecular formula is C23H18Cl2N2O2. The number of hydrogen-bond donors (Lipinski definition) is 1. The lowest BCUT2D eigenvalue weighted by Crippen LogP contribution is -2.12. The van der Waals surface area contributed by atoms with Crippen LogP contribution < -0.4 is 5.32 Å². The van der Waals surface area contributed by atoms with Crippen LogP contribution in [0.25, 0.3) is 22.6 Å². The first-order chi connectivity index (χ1) is 13.8. The highest BCUT2D eigenvalue weighted by molar-refractivity contribution is 6.42. The summed E-state index contributed by atoms with van der Waals surface area (Å²) in [7, 11) is 0. The van der Waals surface area contributed by atoms with Crippen molar-refractivity contribution in [2.24, 2.45) is 0 Å². The van der Waals surface area contributed by atoms with Crippen LogP contribution >= 0.6 is 23.2 Å². The Labute approximate surface area is 178 Å². The Morgan fingerprint density at radius 2 is 1.66 bits per heavy atom. The Morgan fingerprint density at radius 3 is 2.41 bits per heavy atom. The van der Waals surface area contributed by atoms with Gasteiger partial charge in [-0.3, -0.25) is 4.79 Å². The summed E-state index contributed by atoms with van der Waals surface area (Å²) in [5.41, 5.74) is 6.67. The van der Waals surface area contributed by atoms with Gasteiger partial charge in [-0.15, -0.1) is 0 Å². The number of aromatic nitrogens is 1. The largest absolute Gasteiger partial charge is 0.436 e. The average Bonchev–Trinajstić information content (AvgIpc) is 3.08. The third-order valence-electron chi connectivity index (χ3n) is 4.92. The first-order valence-corrected chi connectivity index (χ1v) is 9.82. The van der Waals surface area contributed by atoms with Gasteiger partial charge in [-0.25, -0.2) is 4.98 Å². The molecule has 1 amide bonds. The average molecular weight is 425 g/mol. The first kappa shape index (κ1) is 19.5. The molecule has 3 aromatic carbocycles. The highest BCUT2D eigenvalue weighted by Crippen LogP contribution is 2.30. The molecule has 146 valence electrons. The van der Waals surface area contributed by atoms with Gasteiger partial charge in [-0.1, -0.05) is 29.3 Å². The molecule has 1 N–H and O–H groups in total. The van der Waals surface area contributed by atoms with Crippen LogP contribution in [0.5, 0.6) is 0 Å². The minimum atomic E-state index is -0.271. The zero-order chi connectivity index (χ0) is 20.7. The third kappa shape index (κ3) is 3.86. The number of benzene rings is 3. The number of carbonyl (C=O) groups excluding carboxylic acids is 1. The van der Waals surface area contributed by atoms with E-state index >= 15 is 0 Å². The summed E-state index contributed by atoms with van der Waals surface area (Å²) in [5.74, 6) is 0.239. The van der Waals surface area contributed by atoms with Gasteiger partial charge in [0, 0.05) is 16.8 Å². The molecule has 29 heavy (non-hydrogen) atoms. The fraction of sp³-hybridized carbons (Fsp3) is 0.130. The minimum Gasteiger partial charge on any atom is -0.436 e. The van der Waals surface area contributed by atoms with Gasteiger partial charge in [-0.2, -0.15) is 0 Å². The van der Waals surface area contributed by atoms with Gasteiger partial charge in [0.25, 0.3) is 5.91 Å². The van der Waals surface area contributed by atoms with Crippen molar-refractivity contribution >= 4 is 45.9 Å². The molecule has 0 aliphatic heterocycles. The molecule has 0 aliphatic carbocycles. The van der Waals surface area contributed by atoms with Crippen LogP contribution in [0.4, 0.5) is 5.69 Å². The molecule has 4 aromatic rings. The monoisotopic (exact) mass is 424 g/mol. The summed E-state index contributed by atoms with van der Waals surface area (Å²) < 4.78 is 5.95. The van der Waals surface area contributed by atoms with Crippen molar-refractivity contribution in [3.05, 3.63) is 80.8 Å². The molecule has 1 heterocycles. The Hall–Kier alpha value is -2.82. The van der Waals surface area contributed by atoms with E-state index in [9.17, 15) is 4.79 Å². The normalized spacial score (nSPS) is 11.1. The number of nitrogens with zero attached hydrogens (tertiary/aromatic N) is 1. The van der Waals surface area contributed by atoms with Crippen LogP contribution in [-0.4, -0.2) is 10.9 Å². The lowest BCUT2D eigenvalue weighted by Gasteiger charge is -2.10. The summed E-state index contributed by atoms with van der Waals surface area (Å²) in [6.45, 7) is 6.01. The maximum atomic E-state index is 12.6. The molecule has 0 spiro atoms. The van der Waals surface area contributed by atoms with Crippen LogP contribution in [0.1, 0.15) is 27.0 Å². The van der Waals surface area contributed by atoms with Crippen molar-refractivity contribution in [3.8, 4) is 11.5 Å². The molecule has 1 aromatic heterocycles. The van der Waals surface area contributed by atoms with Crippen molar-refractivity contribution in [1.29, 1.82) is 0 Å². The predicted octanol–water partition coefficient (Wildman–Crippen LogP) is 6.98. The Kier molecular flexibility index (Phi) is 5.07. The van der Waals surface area contributed by atoms with E-state index < -0.39 is 0 Å². The second-order valence-electron chi connectivity index (χ2n) is 7.04. The molecule has 0 fully saturated rings. The van der Waals surface area contributed by atoms with Gasteiger partial charge in [-0.05, 0) is 79.9 Å². The van der Waals surface area contributed by atoms with E-state index in [1.807, 2.05) is 51.1 Å². The standard InChI is InChI=1S/C23H18Cl2N2O2/c1-12-4-5-16(23-27-20-8-13(2)14(3)9-21(20)29-23)11-19(12)26-22(28)15-6-7-17(24)18(25)10-15/h4-11H,1-3H3,(H,26,28). The van der Waals surface area contributed by atoms with E-state index in [0.29, 0.717) is 27.2 Å². The van der Waals surface area contributed by atoms with Crippen LogP contribution in [0, 0.1) is 20.8 Å². The fourth-order valence-electron chi connectivity index (χ4n) is 3.02. The van der Waals surface area contributed by atoms with E-state index in [4.69, 9.17) is 27.6 Å². The summed E-state index contributed by atoms with van der Waals surface area (Å²) in [6.07, 6.45) is 0. The van der Waals surface area contributed by atoms with Crippen LogP contribution in [0.3, 0.4) is 0 Å². The summed E-state index contributed by atoms with van der Waals surface area (Å²) in [6, 6.07) is 14.5. The minimum absolute atomic E-state index is 0.271. The molecule has 0 unspecified atom stereocenters. The van der Waals surface area contributed by atoms with E-state index in [1.165, 1.54) is 0 Å². The van der Waals surface area contributed by atoms with Crippen molar-refractivity contribution < 1.29 is 9.21 Å². The molecular weight excluding hydrogens is 407 g/mol. The molecule has 0 radical (unpaired) electrons. The van der Waals surface area contributed by atoms with Gasteiger partial charge < -0.3 is 9.73 Å². The number of oxazole rings is 1. The lowest BCUT2D eigenvalue weighted by atomic mass is 10.1. The zero-order valence-electron chi connectivity index (χ0n) is 16.1. The summed E-state index contributed by atoms with van der Waals surface area (Å²) in [4.78, 5) is 17.2. The highest BCUT2D eigenvalue weighted by Gasteiger charge is 2.14. The molecule has 0 saturated heterocycles. The third-order valence-corrected chi connectivity index (χ3v) is 5.66. The van der Waals surface area contributed by atoms with E-state index in [-0.39, 0.29) is 5.91 Å². The number of fused-ring (bicyclic) bond motifs is 1. The second kappa shape index (κ2) is 7.54. The number of aryl methyl sites for hydroxylation is 3.